The Morgan fingerprint density at radius 3 is 2.65 bits per heavy atom. The molecule has 0 aromatic heterocycles. The van der Waals surface area contributed by atoms with Crippen molar-refractivity contribution in [3.8, 4) is 5.75 Å². The van der Waals surface area contributed by atoms with Crippen molar-refractivity contribution in [2.75, 3.05) is 13.1 Å². The molecule has 2 aromatic carbocycles. The van der Waals surface area contributed by atoms with Gasteiger partial charge in [0, 0.05) is 24.4 Å². The van der Waals surface area contributed by atoms with Crippen LogP contribution in [-0.2, 0) is 11.2 Å². The van der Waals surface area contributed by atoms with Gasteiger partial charge in [-0.15, -0.1) is 0 Å². The number of aliphatic hydroxyl groups excluding tert-OH is 1. The first kappa shape index (κ1) is 18.7. The highest BCUT2D eigenvalue weighted by Crippen LogP contribution is 2.22. The molecule has 5 heteroatoms. The Balaban J connectivity index is 1.50. The molecule has 0 radical (unpaired) electrons. The monoisotopic (exact) mass is 373 g/mol. The molecule has 0 spiro atoms. The van der Waals surface area contributed by atoms with Crippen LogP contribution in [0.25, 0.3) is 0 Å². The molecule has 1 saturated heterocycles. The second-order valence-corrected chi connectivity index (χ2v) is 7.17. The van der Waals surface area contributed by atoms with E-state index < -0.39 is 6.10 Å². The molecule has 2 atom stereocenters. The van der Waals surface area contributed by atoms with Gasteiger partial charge in [0.2, 0.25) is 5.91 Å². The topological polar surface area (TPSA) is 49.8 Å². The fraction of sp³-hybridized carbons (Fsp3) is 0.381. The van der Waals surface area contributed by atoms with Crippen molar-refractivity contribution in [1.82, 2.24) is 4.90 Å². The summed E-state index contributed by atoms with van der Waals surface area (Å²) in [6.45, 7) is 2.97. The van der Waals surface area contributed by atoms with Crippen LogP contribution in [0.3, 0.4) is 0 Å². The Morgan fingerprint density at radius 1 is 1.23 bits per heavy atom. The van der Waals surface area contributed by atoms with E-state index in [1.54, 1.807) is 29.2 Å². The maximum absolute atomic E-state index is 12.5. The standard InChI is InChI=1S/C21H24ClNO3/c1-15-4-2-3-5-16(15)6-11-21(25)23-13-12-20(19(24)14-23)26-18-9-7-17(22)8-10-18/h2-5,7-10,19-20,24H,6,11-14H2,1H3/t19-,20-/m1/s1. The predicted octanol–water partition coefficient (Wildman–Crippen LogP) is 3.62. The van der Waals surface area contributed by atoms with Crippen molar-refractivity contribution in [3.63, 3.8) is 0 Å². The van der Waals surface area contributed by atoms with Crippen LogP contribution in [0.2, 0.25) is 5.02 Å². The molecule has 26 heavy (non-hydrogen) atoms. The van der Waals surface area contributed by atoms with Crippen LogP contribution in [0.4, 0.5) is 0 Å². The molecule has 1 heterocycles. The van der Waals surface area contributed by atoms with Crippen molar-refractivity contribution in [2.24, 2.45) is 0 Å². The molecule has 1 amide bonds. The lowest BCUT2D eigenvalue weighted by molar-refractivity contribution is -0.137. The molecule has 1 aliphatic heterocycles. The number of rotatable bonds is 5. The number of likely N-dealkylation sites (tertiary alicyclic amines) is 1. The molecule has 0 saturated carbocycles. The molecule has 3 rings (SSSR count). The Bertz CT molecular complexity index is 747. The number of hydrogen-bond acceptors (Lipinski definition) is 3. The number of carbonyl (C=O) groups is 1. The van der Waals surface area contributed by atoms with Crippen molar-refractivity contribution in [1.29, 1.82) is 0 Å². The van der Waals surface area contributed by atoms with E-state index in [1.807, 2.05) is 12.1 Å². The number of benzene rings is 2. The summed E-state index contributed by atoms with van der Waals surface area (Å²) in [5.41, 5.74) is 2.40. The number of β-amino-alcohol motifs (C(OH)–C–C–N with tert-alkyl or cyclic N) is 1. The number of piperidine rings is 1. The molecular formula is C21H24ClNO3. The Kier molecular flexibility index (Phi) is 6.17. The number of ether oxygens (including phenoxy) is 1. The molecule has 0 aliphatic carbocycles. The lowest BCUT2D eigenvalue weighted by Crippen LogP contribution is -2.51. The Labute approximate surface area is 159 Å². The van der Waals surface area contributed by atoms with Crippen LogP contribution in [-0.4, -0.2) is 41.2 Å². The first-order chi connectivity index (χ1) is 12.5. The van der Waals surface area contributed by atoms with E-state index in [4.69, 9.17) is 16.3 Å². The summed E-state index contributed by atoms with van der Waals surface area (Å²) in [6, 6.07) is 15.2. The fourth-order valence-corrected chi connectivity index (χ4v) is 3.38. The van der Waals surface area contributed by atoms with E-state index in [0.717, 1.165) is 6.42 Å². The smallest absolute Gasteiger partial charge is 0.222 e. The Morgan fingerprint density at radius 2 is 1.96 bits per heavy atom. The average molecular weight is 374 g/mol. The summed E-state index contributed by atoms with van der Waals surface area (Å²) in [6.07, 6.45) is 0.793. The van der Waals surface area contributed by atoms with E-state index in [9.17, 15) is 9.90 Å². The number of carbonyl (C=O) groups excluding carboxylic acids is 1. The van der Waals surface area contributed by atoms with Gasteiger partial charge in [-0.1, -0.05) is 35.9 Å². The van der Waals surface area contributed by atoms with Crippen LogP contribution >= 0.6 is 11.6 Å². The van der Waals surface area contributed by atoms with Crippen LogP contribution in [0, 0.1) is 6.92 Å². The van der Waals surface area contributed by atoms with Gasteiger partial charge in [0.1, 0.15) is 18.0 Å². The van der Waals surface area contributed by atoms with Crippen LogP contribution in [0.1, 0.15) is 24.0 Å². The van der Waals surface area contributed by atoms with Gasteiger partial charge in [-0.3, -0.25) is 4.79 Å². The van der Waals surface area contributed by atoms with Crippen LogP contribution in [0.5, 0.6) is 5.75 Å². The summed E-state index contributed by atoms with van der Waals surface area (Å²) < 4.78 is 5.85. The van der Waals surface area contributed by atoms with Gasteiger partial charge in [-0.2, -0.15) is 0 Å². The molecule has 1 aliphatic rings. The molecule has 1 N–H and O–H groups in total. The number of hydrogen-bond donors (Lipinski definition) is 1. The van der Waals surface area contributed by atoms with Crippen LogP contribution < -0.4 is 4.74 Å². The lowest BCUT2D eigenvalue weighted by Gasteiger charge is -2.36. The van der Waals surface area contributed by atoms with Gasteiger partial charge in [-0.05, 0) is 48.7 Å². The van der Waals surface area contributed by atoms with E-state index in [2.05, 4.69) is 19.1 Å². The Hall–Kier alpha value is -2.04. The lowest BCUT2D eigenvalue weighted by atomic mass is 10.0. The average Bonchev–Trinajstić information content (AvgIpc) is 2.64. The first-order valence-corrected chi connectivity index (χ1v) is 9.33. The van der Waals surface area contributed by atoms with Gasteiger partial charge in [0.15, 0.2) is 0 Å². The van der Waals surface area contributed by atoms with Gasteiger partial charge in [0.05, 0.1) is 6.54 Å². The number of amides is 1. The predicted molar refractivity (Wildman–Crippen MR) is 103 cm³/mol. The molecule has 1 fully saturated rings. The minimum absolute atomic E-state index is 0.0808. The maximum Gasteiger partial charge on any atom is 0.222 e. The maximum atomic E-state index is 12.5. The molecule has 4 nitrogen and oxygen atoms in total. The number of halogens is 1. The van der Waals surface area contributed by atoms with Crippen molar-refractivity contribution in [2.45, 2.75) is 38.4 Å². The second-order valence-electron chi connectivity index (χ2n) is 6.73. The zero-order chi connectivity index (χ0) is 18.5. The minimum atomic E-state index is -0.693. The van der Waals surface area contributed by atoms with Crippen molar-refractivity contribution in [3.05, 3.63) is 64.7 Å². The van der Waals surface area contributed by atoms with Crippen molar-refractivity contribution >= 4 is 17.5 Å². The number of aliphatic hydroxyl groups is 1. The van der Waals surface area contributed by atoms with Gasteiger partial charge in [0.25, 0.3) is 0 Å². The second kappa shape index (κ2) is 8.56. The highest BCUT2D eigenvalue weighted by atomic mass is 35.5. The van der Waals surface area contributed by atoms with Crippen molar-refractivity contribution < 1.29 is 14.6 Å². The van der Waals surface area contributed by atoms with E-state index in [1.165, 1.54) is 11.1 Å². The van der Waals surface area contributed by atoms with E-state index >= 15 is 0 Å². The zero-order valence-electron chi connectivity index (χ0n) is 14.9. The summed E-state index contributed by atoms with van der Waals surface area (Å²) in [7, 11) is 0. The zero-order valence-corrected chi connectivity index (χ0v) is 15.7. The largest absolute Gasteiger partial charge is 0.488 e. The third-order valence-electron chi connectivity index (χ3n) is 4.84. The quantitative estimate of drug-likeness (QED) is 0.870. The normalized spacial score (nSPS) is 20.0. The van der Waals surface area contributed by atoms with E-state index in [0.29, 0.717) is 36.7 Å². The molecule has 138 valence electrons. The highest BCUT2D eigenvalue weighted by Gasteiger charge is 2.31. The van der Waals surface area contributed by atoms with E-state index in [-0.39, 0.29) is 12.0 Å². The SMILES string of the molecule is Cc1ccccc1CCC(=O)N1CC[C@@H](Oc2ccc(Cl)cc2)[C@H](O)C1. The van der Waals surface area contributed by atoms with Crippen LogP contribution in [0.15, 0.2) is 48.5 Å². The molecule has 0 unspecified atom stereocenters. The summed E-state index contributed by atoms with van der Waals surface area (Å²) in [4.78, 5) is 14.2. The summed E-state index contributed by atoms with van der Waals surface area (Å²) >= 11 is 5.87. The third kappa shape index (κ3) is 4.77. The summed E-state index contributed by atoms with van der Waals surface area (Å²) in [5.74, 6) is 0.759. The van der Waals surface area contributed by atoms with Gasteiger partial charge < -0.3 is 14.7 Å². The summed E-state index contributed by atoms with van der Waals surface area (Å²) in [5, 5.41) is 11.0. The first-order valence-electron chi connectivity index (χ1n) is 8.95. The molecule has 0 bridgehead atoms. The molecule has 2 aromatic rings. The fourth-order valence-electron chi connectivity index (χ4n) is 3.25. The molecular weight excluding hydrogens is 350 g/mol. The number of aryl methyl sites for hydroxylation is 2. The van der Waals surface area contributed by atoms with Gasteiger partial charge in [-0.25, -0.2) is 0 Å². The number of nitrogens with zero attached hydrogens (tertiary/aromatic N) is 1. The minimum Gasteiger partial charge on any atom is -0.488 e. The van der Waals surface area contributed by atoms with Gasteiger partial charge >= 0.3 is 0 Å². The third-order valence-corrected chi connectivity index (χ3v) is 5.10. The highest BCUT2D eigenvalue weighted by molar-refractivity contribution is 6.30.